The van der Waals surface area contributed by atoms with Gasteiger partial charge < -0.3 is 4.57 Å². The summed E-state index contributed by atoms with van der Waals surface area (Å²) in [4.78, 5) is 0. The summed E-state index contributed by atoms with van der Waals surface area (Å²) in [7, 11) is 0. The maximum Gasteiger partial charge on any atom is 0.195 e. The van der Waals surface area contributed by atoms with Gasteiger partial charge >= 0.3 is 0 Å². The fourth-order valence-corrected chi connectivity index (χ4v) is 2.39. The van der Waals surface area contributed by atoms with Crippen LogP contribution in [0.5, 0.6) is 0 Å². The minimum atomic E-state index is 0.331. The van der Waals surface area contributed by atoms with E-state index in [-0.39, 0.29) is 0 Å². The third-order valence-corrected chi connectivity index (χ3v) is 3.51. The normalized spacial score (nSPS) is 18.9. The molecule has 4 heteroatoms. The van der Waals surface area contributed by atoms with Crippen LogP contribution in [0.3, 0.4) is 0 Å². The standard InChI is InChI=1S/C10H17N3S/c1-4-10(5-6-10)8-11-12-9(14)13(8)7(2)3/h7H,4-6H2,1-3H3,(H,12,14). The second-order valence-corrected chi connectivity index (χ2v) is 4.84. The molecule has 0 spiro atoms. The van der Waals surface area contributed by atoms with E-state index in [0.29, 0.717) is 11.5 Å². The van der Waals surface area contributed by atoms with E-state index < -0.39 is 0 Å². The number of hydrogen-bond acceptors (Lipinski definition) is 2. The Hall–Kier alpha value is -0.640. The van der Waals surface area contributed by atoms with Crippen LogP contribution >= 0.6 is 12.2 Å². The Kier molecular flexibility index (Phi) is 2.26. The molecule has 3 nitrogen and oxygen atoms in total. The zero-order valence-electron chi connectivity index (χ0n) is 9.00. The Morgan fingerprint density at radius 2 is 2.21 bits per heavy atom. The zero-order chi connectivity index (χ0) is 10.3. The average Bonchev–Trinajstić information content (AvgIpc) is 2.84. The molecule has 78 valence electrons. The lowest BCUT2D eigenvalue weighted by atomic mass is 10.0. The molecule has 1 fully saturated rings. The monoisotopic (exact) mass is 211 g/mol. The highest BCUT2D eigenvalue weighted by atomic mass is 32.1. The molecule has 0 aliphatic heterocycles. The summed E-state index contributed by atoms with van der Waals surface area (Å²) in [6, 6.07) is 0.403. The van der Waals surface area contributed by atoms with Crippen LogP contribution < -0.4 is 0 Å². The van der Waals surface area contributed by atoms with Crippen molar-refractivity contribution in [3.8, 4) is 0 Å². The third-order valence-electron chi connectivity index (χ3n) is 3.23. The molecule has 2 rings (SSSR count). The molecule has 0 aromatic carbocycles. The van der Waals surface area contributed by atoms with Gasteiger partial charge in [-0.05, 0) is 45.3 Å². The molecule has 0 unspecified atom stereocenters. The van der Waals surface area contributed by atoms with Crippen molar-refractivity contribution in [1.29, 1.82) is 0 Å². The molecule has 1 aromatic rings. The van der Waals surface area contributed by atoms with Gasteiger partial charge in [0, 0.05) is 11.5 Å². The van der Waals surface area contributed by atoms with E-state index in [1.807, 2.05) is 0 Å². The first-order chi connectivity index (χ1) is 6.60. The van der Waals surface area contributed by atoms with Gasteiger partial charge in [0.2, 0.25) is 0 Å². The van der Waals surface area contributed by atoms with Crippen LogP contribution in [0.4, 0.5) is 0 Å². The second kappa shape index (κ2) is 3.19. The van der Waals surface area contributed by atoms with Crippen LogP contribution in [0, 0.1) is 4.77 Å². The van der Waals surface area contributed by atoms with E-state index in [1.165, 1.54) is 25.1 Å². The van der Waals surface area contributed by atoms with E-state index in [1.54, 1.807) is 0 Å². The van der Waals surface area contributed by atoms with Crippen molar-refractivity contribution in [2.45, 2.75) is 51.5 Å². The predicted octanol–water partition coefficient (Wildman–Crippen LogP) is 2.96. The molecule has 1 aliphatic rings. The fraction of sp³-hybridized carbons (Fsp3) is 0.800. The molecule has 0 radical (unpaired) electrons. The van der Waals surface area contributed by atoms with Crippen molar-refractivity contribution in [2.75, 3.05) is 0 Å². The van der Waals surface area contributed by atoms with E-state index >= 15 is 0 Å². The lowest BCUT2D eigenvalue weighted by molar-refractivity contribution is 0.503. The minimum absolute atomic E-state index is 0.331. The van der Waals surface area contributed by atoms with E-state index in [9.17, 15) is 0 Å². The SMILES string of the molecule is CCC1(c2n[nH]c(=S)n2C(C)C)CC1. The van der Waals surface area contributed by atoms with Crippen LogP contribution in [0.15, 0.2) is 0 Å². The first-order valence-electron chi connectivity index (χ1n) is 5.28. The molecular formula is C10H17N3S. The van der Waals surface area contributed by atoms with Gasteiger partial charge in [-0.25, -0.2) is 0 Å². The van der Waals surface area contributed by atoms with Crippen molar-refractivity contribution >= 4 is 12.2 Å². The average molecular weight is 211 g/mol. The number of H-pyrrole nitrogens is 1. The van der Waals surface area contributed by atoms with E-state index in [4.69, 9.17) is 12.2 Å². The summed E-state index contributed by atoms with van der Waals surface area (Å²) in [5.41, 5.74) is 0.331. The van der Waals surface area contributed by atoms with Gasteiger partial charge in [-0.3, -0.25) is 5.10 Å². The van der Waals surface area contributed by atoms with Gasteiger partial charge in [0.25, 0.3) is 0 Å². The first-order valence-corrected chi connectivity index (χ1v) is 5.69. The molecule has 1 aromatic heterocycles. The summed E-state index contributed by atoms with van der Waals surface area (Å²) < 4.78 is 2.92. The molecule has 0 amide bonds. The number of nitrogens with one attached hydrogen (secondary N) is 1. The molecule has 0 atom stereocenters. The minimum Gasteiger partial charge on any atom is -0.301 e. The fourth-order valence-electron chi connectivity index (χ4n) is 2.04. The van der Waals surface area contributed by atoms with Crippen LogP contribution in [0.2, 0.25) is 0 Å². The number of rotatable bonds is 3. The van der Waals surface area contributed by atoms with Gasteiger partial charge in [0.05, 0.1) is 0 Å². The Bertz CT molecular complexity index is 384. The Balaban J connectivity index is 2.49. The maximum absolute atomic E-state index is 5.24. The highest BCUT2D eigenvalue weighted by Crippen LogP contribution is 2.50. The van der Waals surface area contributed by atoms with Crippen LogP contribution in [-0.4, -0.2) is 14.8 Å². The molecule has 1 N–H and O–H groups in total. The van der Waals surface area contributed by atoms with Crippen molar-refractivity contribution in [3.05, 3.63) is 10.6 Å². The maximum atomic E-state index is 5.24. The van der Waals surface area contributed by atoms with Crippen LogP contribution in [-0.2, 0) is 5.41 Å². The number of hydrogen-bond donors (Lipinski definition) is 1. The lowest BCUT2D eigenvalue weighted by Crippen LogP contribution is -2.15. The highest BCUT2D eigenvalue weighted by molar-refractivity contribution is 7.71. The zero-order valence-corrected chi connectivity index (χ0v) is 9.82. The Morgan fingerprint density at radius 1 is 1.57 bits per heavy atom. The van der Waals surface area contributed by atoms with Gasteiger partial charge in [-0.15, -0.1) is 0 Å². The van der Waals surface area contributed by atoms with Crippen molar-refractivity contribution in [3.63, 3.8) is 0 Å². The Morgan fingerprint density at radius 3 is 2.64 bits per heavy atom. The predicted molar refractivity (Wildman–Crippen MR) is 59.0 cm³/mol. The summed E-state index contributed by atoms with van der Waals surface area (Å²) >= 11 is 5.24. The molecular weight excluding hydrogens is 194 g/mol. The smallest absolute Gasteiger partial charge is 0.195 e. The molecule has 1 aliphatic carbocycles. The molecule has 1 saturated carbocycles. The lowest BCUT2D eigenvalue weighted by Gasteiger charge is -2.16. The highest BCUT2D eigenvalue weighted by Gasteiger charge is 2.46. The third kappa shape index (κ3) is 1.32. The summed E-state index contributed by atoms with van der Waals surface area (Å²) in [6.07, 6.45) is 3.69. The first kappa shape index (κ1) is 9.90. The van der Waals surface area contributed by atoms with Crippen LogP contribution in [0.25, 0.3) is 0 Å². The molecule has 0 saturated heterocycles. The van der Waals surface area contributed by atoms with Gasteiger partial charge in [-0.1, -0.05) is 6.92 Å². The van der Waals surface area contributed by atoms with E-state index in [0.717, 1.165) is 4.77 Å². The molecule has 0 bridgehead atoms. The van der Waals surface area contributed by atoms with Crippen molar-refractivity contribution in [1.82, 2.24) is 14.8 Å². The largest absolute Gasteiger partial charge is 0.301 e. The van der Waals surface area contributed by atoms with Gasteiger partial charge in [-0.2, -0.15) is 5.10 Å². The molecule has 14 heavy (non-hydrogen) atoms. The summed E-state index contributed by atoms with van der Waals surface area (Å²) in [5.74, 6) is 1.17. The summed E-state index contributed by atoms with van der Waals surface area (Å²) in [5, 5.41) is 7.30. The van der Waals surface area contributed by atoms with Gasteiger partial charge in [0.1, 0.15) is 5.82 Å². The molecule has 1 heterocycles. The van der Waals surface area contributed by atoms with Gasteiger partial charge in [0.15, 0.2) is 4.77 Å². The van der Waals surface area contributed by atoms with Crippen molar-refractivity contribution < 1.29 is 0 Å². The van der Waals surface area contributed by atoms with Crippen molar-refractivity contribution in [2.24, 2.45) is 0 Å². The van der Waals surface area contributed by atoms with E-state index in [2.05, 4.69) is 35.5 Å². The topological polar surface area (TPSA) is 33.6 Å². The summed E-state index contributed by atoms with van der Waals surface area (Å²) in [6.45, 7) is 6.54. The quantitative estimate of drug-likeness (QED) is 0.780. The van der Waals surface area contributed by atoms with Crippen LogP contribution in [0.1, 0.15) is 51.9 Å². The Labute approximate surface area is 89.5 Å². The number of aromatic amines is 1. The second-order valence-electron chi connectivity index (χ2n) is 4.45. The number of aromatic nitrogens is 3. The number of nitrogens with zero attached hydrogens (tertiary/aromatic N) is 2.